The lowest BCUT2D eigenvalue weighted by Crippen LogP contribution is -2.28. The summed E-state index contributed by atoms with van der Waals surface area (Å²) in [6.45, 7) is 2.25. The van der Waals surface area contributed by atoms with Crippen LogP contribution in [0.4, 0.5) is 13.2 Å². The Labute approximate surface area is 177 Å². The molecular formula is C22H23F3N2O4. The number of nitrogens with one attached hydrogen (secondary N) is 1. The van der Waals surface area contributed by atoms with E-state index in [2.05, 4.69) is 4.74 Å². The molecule has 0 spiro atoms. The molecule has 31 heavy (non-hydrogen) atoms. The number of alkyl halides is 3. The summed E-state index contributed by atoms with van der Waals surface area (Å²) in [4.78, 5) is 23.2. The number of amides is 1. The average molecular weight is 436 g/mol. The Hall–Kier alpha value is -3.36. The molecule has 2 N–H and O–H groups in total. The molecule has 0 saturated heterocycles. The van der Waals surface area contributed by atoms with Gasteiger partial charge in [0.25, 0.3) is 0 Å². The lowest BCUT2D eigenvalue weighted by atomic mass is 9.98. The Morgan fingerprint density at radius 1 is 1.16 bits per heavy atom. The van der Waals surface area contributed by atoms with E-state index in [0.717, 1.165) is 17.2 Å². The minimum atomic E-state index is -4.91. The Bertz CT molecular complexity index is 927. The lowest BCUT2D eigenvalue weighted by molar-refractivity contribution is -0.274. The number of amidine groups is 1. The first-order valence-electron chi connectivity index (χ1n) is 9.62. The van der Waals surface area contributed by atoms with Crippen molar-refractivity contribution in [3.8, 4) is 16.9 Å². The quantitative estimate of drug-likeness (QED) is 0.322. The van der Waals surface area contributed by atoms with Gasteiger partial charge in [0.2, 0.25) is 6.41 Å². The van der Waals surface area contributed by atoms with Gasteiger partial charge >= 0.3 is 12.3 Å². The minimum absolute atomic E-state index is 0.0689. The number of hydrogen-bond acceptors (Lipinski definition) is 4. The Kier molecular flexibility index (Phi) is 8.18. The van der Waals surface area contributed by atoms with Crippen molar-refractivity contribution in [3.63, 3.8) is 0 Å². The molecule has 0 aliphatic heterocycles. The van der Waals surface area contributed by atoms with Gasteiger partial charge in [-0.3, -0.25) is 15.0 Å². The molecule has 0 atom stereocenters. The first-order chi connectivity index (χ1) is 14.6. The first-order valence-corrected chi connectivity index (χ1v) is 9.62. The number of hydrogen-bond donors (Lipinski definition) is 2. The molecule has 2 aromatic carbocycles. The molecule has 6 nitrogen and oxygen atoms in total. The fraction of sp³-hybridized carbons (Fsp3) is 0.318. The highest BCUT2D eigenvalue weighted by Gasteiger charge is 2.32. The topological polar surface area (TPSA) is 90.7 Å². The van der Waals surface area contributed by atoms with E-state index in [1.54, 1.807) is 19.1 Å². The summed E-state index contributed by atoms with van der Waals surface area (Å²) in [5.41, 5.74) is 2.23. The van der Waals surface area contributed by atoms with Crippen LogP contribution in [0, 0.1) is 5.41 Å². The van der Waals surface area contributed by atoms with Crippen molar-refractivity contribution in [2.75, 3.05) is 6.54 Å². The monoisotopic (exact) mass is 436 g/mol. The van der Waals surface area contributed by atoms with Crippen LogP contribution in [0.1, 0.15) is 30.9 Å². The molecule has 9 heteroatoms. The second kappa shape index (κ2) is 10.6. The molecule has 0 aliphatic rings. The molecule has 0 aromatic heterocycles. The lowest BCUT2D eigenvalue weighted by Gasteiger charge is -2.15. The van der Waals surface area contributed by atoms with Gasteiger partial charge in [-0.1, -0.05) is 30.3 Å². The predicted octanol–water partition coefficient (Wildman–Crippen LogP) is 4.66. The predicted molar refractivity (Wildman–Crippen MR) is 109 cm³/mol. The summed E-state index contributed by atoms with van der Waals surface area (Å²) in [7, 11) is 0. The molecule has 0 bridgehead atoms. The first kappa shape index (κ1) is 23.9. The molecule has 166 valence electrons. The van der Waals surface area contributed by atoms with E-state index in [1.807, 2.05) is 12.1 Å². The third-order valence-electron chi connectivity index (χ3n) is 4.61. The van der Waals surface area contributed by atoms with Crippen molar-refractivity contribution < 1.29 is 32.6 Å². The van der Waals surface area contributed by atoms with E-state index in [0.29, 0.717) is 37.8 Å². The summed E-state index contributed by atoms with van der Waals surface area (Å²) in [6, 6.07) is 11.3. The van der Waals surface area contributed by atoms with Crippen LogP contribution in [0.3, 0.4) is 0 Å². The molecule has 1 amide bonds. The molecule has 2 rings (SSSR count). The zero-order chi connectivity index (χ0) is 23.0. The van der Waals surface area contributed by atoms with E-state index in [4.69, 9.17) is 10.5 Å². The molecule has 0 aliphatic carbocycles. The highest BCUT2D eigenvalue weighted by Crippen LogP contribution is 2.31. The van der Waals surface area contributed by atoms with Gasteiger partial charge in [-0.05, 0) is 48.6 Å². The van der Waals surface area contributed by atoms with Crippen molar-refractivity contribution >= 4 is 18.2 Å². The number of ether oxygens (including phenoxy) is 1. The number of aliphatic carboxylic acids is 1. The van der Waals surface area contributed by atoms with Gasteiger partial charge in [-0.15, -0.1) is 13.2 Å². The van der Waals surface area contributed by atoms with E-state index < -0.39 is 24.5 Å². The van der Waals surface area contributed by atoms with Crippen LogP contribution >= 0.6 is 0 Å². The van der Waals surface area contributed by atoms with Crippen LogP contribution in [0.15, 0.2) is 42.5 Å². The number of nitrogens with zero attached hydrogens (tertiary/aromatic N) is 1. The molecule has 0 unspecified atom stereocenters. The van der Waals surface area contributed by atoms with Crippen molar-refractivity contribution in [3.05, 3.63) is 53.6 Å². The second-order valence-electron chi connectivity index (χ2n) is 6.83. The van der Waals surface area contributed by atoms with E-state index in [1.165, 1.54) is 17.0 Å². The number of aryl methyl sites for hydroxylation is 1. The summed E-state index contributed by atoms with van der Waals surface area (Å²) >= 11 is 0. The van der Waals surface area contributed by atoms with Crippen molar-refractivity contribution in [2.45, 2.75) is 39.0 Å². The van der Waals surface area contributed by atoms with Crippen LogP contribution in [0.25, 0.3) is 11.1 Å². The fourth-order valence-electron chi connectivity index (χ4n) is 3.08. The largest absolute Gasteiger partial charge is 0.573 e. The summed E-state index contributed by atoms with van der Waals surface area (Å²) in [5, 5.41) is 16.9. The standard InChI is InChI=1S/C22H23F3N2O4/c1-2-27(14-28)20(26)5-3-4-15-6-8-16(9-7-15)17-10-11-19(31-22(23,24)25)18(12-17)13-21(29)30/h6-12,14,26H,2-5,13H2,1H3,(H,29,30). The highest BCUT2D eigenvalue weighted by atomic mass is 19.4. The van der Waals surface area contributed by atoms with Crippen molar-refractivity contribution in [2.24, 2.45) is 0 Å². The van der Waals surface area contributed by atoms with Gasteiger partial charge < -0.3 is 14.7 Å². The molecule has 0 saturated carbocycles. The van der Waals surface area contributed by atoms with Gasteiger partial charge in [0.15, 0.2) is 0 Å². The van der Waals surface area contributed by atoms with Gasteiger partial charge in [0.1, 0.15) is 11.6 Å². The fourth-order valence-corrected chi connectivity index (χ4v) is 3.08. The van der Waals surface area contributed by atoms with Crippen LogP contribution < -0.4 is 4.74 Å². The normalized spacial score (nSPS) is 11.1. The number of halogens is 3. The zero-order valence-corrected chi connectivity index (χ0v) is 16.9. The number of benzene rings is 2. The third-order valence-corrected chi connectivity index (χ3v) is 4.61. The van der Waals surface area contributed by atoms with E-state index in [-0.39, 0.29) is 11.4 Å². The number of rotatable bonds is 10. The van der Waals surface area contributed by atoms with Crippen molar-refractivity contribution in [1.29, 1.82) is 5.41 Å². The zero-order valence-electron chi connectivity index (χ0n) is 16.9. The van der Waals surface area contributed by atoms with Gasteiger partial charge in [-0.2, -0.15) is 0 Å². The number of carbonyl (C=O) groups is 2. The Morgan fingerprint density at radius 2 is 1.81 bits per heavy atom. The van der Waals surface area contributed by atoms with Crippen LogP contribution in [-0.2, 0) is 22.4 Å². The maximum atomic E-state index is 12.6. The molecule has 0 heterocycles. The minimum Gasteiger partial charge on any atom is -0.481 e. The maximum Gasteiger partial charge on any atom is 0.573 e. The highest BCUT2D eigenvalue weighted by molar-refractivity contribution is 5.88. The van der Waals surface area contributed by atoms with Crippen LogP contribution in [0.5, 0.6) is 5.75 Å². The smallest absolute Gasteiger partial charge is 0.481 e. The summed E-state index contributed by atoms with van der Waals surface area (Å²) in [6.07, 6.45) is -3.02. The Balaban J connectivity index is 2.10. The molecule has 2 aromatic rings. The number of carboxylic acid groups (broad SMARTS) is 1. The van der Waals surface area contributed by atoms with Crippen LogP contribution in [0.2, 0.25) is 0 Å². The SMILES string of the molecule is CCN(C=O)C(=N)CCCc1ccc(-c2ccc(OC(F)(F)F)c(CC(=O)O)c2)cc1. The van der Waals surface area contributed by atoms with Gasteiger partial charge in [0, 0.05) is 18.5 Å². The average Bonchev–Trinajstić information content (AvgIpc) is 2.69. The summed E-state index contributed by atoms with van der Waals surface area (Å²) < 4.78 is 41.6. The van der Waals surface area contributed by atoms with Gasteiger partial charge in [0.05, 0.1) is 6.42 Å². The second-order valence-corrected chi connectivity index (χ2v) is 6.83. The molecule has 0 radical (unpaired) electrons. The van der Waals surface area contributed by atoms with E-state index >= 15 is 0 Å². The summed E-state index contributed by atoms with van der Waals surface area (Å²) in [5.74, 6) is -1.53. The van der Waals surface area contributed by atoms with E-state index in [9.17, 15) is 22.8 Å². The van der Waals surface area contributed by atoms with Crippen molar-refractivity contribution in [1.82, 2.24) is 4.90 Å². The number of carboxylic acids is 1. The molecular weight excluding hydrogens is 413 g/mol. The van der Waals surface area contributed by atoms with Gasteiger partial charge in [-0.25, -0.2) is 0 Å². The Morgan fingerprint density at radius 3 is 2.35 bits per heavy atom. The third kappa shape index (κ3) is 7.44. The number of carbonyl (C=O) groups excluding carboxylic acids is 1. The van der Waals surface area contributed by atoms with Crippen LogP contribution in [-0.4, -0.2) is 41.1 Å². The molecule has 0 fully saturated rings. The maximum absolute atomic E-state index is 12.6.